The van der Waals surface area contributed by atoms with Gasteiger partial charge in [-0.3, -0.25) is 0 Å². The largest absolute Gasteiger partial charge is 0.508 e. The zero-order valence-electron chi connectivity index (χ0n) is 6.60. The number of hydrogen-bond acceptors (Lipinski definition) is 5. The maximum Gasteiger partial charge on any atom is 0.267 e. The molecule has 6 heteroatoms. The first-order valence-corrected chi connectivity index (χ1v) is 3.64. The molecule has 0 unspecified atom stereocenters. The number of tetrazole rings is 1. The third-order valence-electron chi connectivity index (χ3n) is 1.45. The van der Waals surface area contributed by atoms with Crippen LogP contribution in [-0.4, -0.2) is 25.7 Å². The third-order valence-corrected chi connectivity index (χ3v) is 1.45. The molecule has 0 radical (unpaired) electrons. The second-order valence-electron chi connectivity index (χ2n) is 2.41. The van der Waals surface area contributed by atoms with Gasteiger partial charge >= 0.3 is 0 Å². The second-order valence-corrected chi connectivity index (χ2v) is 2.41. The van der Waals surface area contributed by atoms with Crippen molar-refractivity contribution in [2.24, 2.45) is 0 Å². The van der Waals surface area contributed by atoms with Crippen molar-refractivity contribution in [2.45, 2.75) is 0 Å². The summed E-state index contributed by atoms with van der Waals surface area (Å²) in [6.07, 6.45) is 0. The van der Waals surface area contributed by atoms with Crippen LogP contribution in [0.5, 0.6) is 5.75 Å². The van der Waals surface area contributed by atoms with E-state index < -0.39 is 0 Å². The number of rotatable bonds is 2. The number of H-pyrrole nitrogens is 1. The summed E-state index contributed by atoms with van der Waals surface area (Å²) in [7, 11) is 0. The van der Waals surface area contributed by atoms with E-state index in [1.54, 1.807) is 24.3 Å². The molecule has 0 saturated heterocycles. The average molecular weight is 177 g/mol. The van der Waals surface area contributed by atoms with Gasteiger partial charge in [0.15, 0.2) is 0 Å². The number of phenolic OH excluding ortho intramolecular Hbond substituents is 1. The smallest absolute Gasteiger partial charge is 0.267 e. The van der Waals surface area contributed by atoms with Crippen LogP contribution in [0, 0.1) is 0 Å². The van der Waals surface area contributed by atoms with E-state index in [1.165, 1.54) is 0 Å². The molecule has 1 heterocycles. The first-order chi connectivity index (χ1) is 6.34. The summed E-state index contributed by atoms with van der Waals surface area (Å²) in [5.74, 6) is 0.555. The summed E-state index contributed by atoms with van der Waals surface area (Å²) in [6, 6.07) is 6.66. The van der Waals surface area contributed by atoms with Crippen LogP contribution in [-0.2, 0) is 0 Å². The fourth-order valence-corrected chi connectivity index (χ4v) is 0.928. The highest BCUT2D eigenvalue weighted by Gasteiger charge is 1.98. The lowest BCUT2D eigenvalue weighted by atomic mass is 10.3. The molecule has 0 aliphatic rings. The molecule has 0 aliphatic carbocycles. The van der Waals surface area contributed by atoms with Gasteiger partial charge in [0.25, 0.3) is 5.95 Å². The van der Waals surface area contributed by atoms with Crippen molar-refractivity contribution in [2.75, 3.05) is 5.32 Å². The van der Waals surface area contributed by atoms with E-state index in [1.807, 2.05) is 0 Å². The zero-order chi connectivity index (χ0) is 9.10. The maximum absolute atomic E-state index is 9.14. The van der Waals surface area contributed by atoms with E-state index in [-0.39, 0.29) is 5.75 Å². The van der Waals surface area contributed by atoms with E-state index in [0.717, 1.165) is 0 Å². The first kappa shape index (κ1) is 7.53. The van der Waals surface area contributed by atoms with Gasteiger partial charge < -0.3 is 10.4 Å². The third kappa shape index (κ3) is 1.73. The predicted molar refractivity (Wildman–Crippen MR) is 45.6 cm³/mol. The van der Waals surface area contributed by atoms with Gasteiger partial charge in [-0.25, -0.2) is 0 Å². The van der Waals surface area contributed by atoms with E-state index in [9.17, 15) is 0 Å². The Bertz CT molecular complexity index is 386. The minimum Gasteiger partial charge on any atom is -0.508 e. The molecule has 0 fully saturated rings. The molecular formula is C7H7N5O. The first-order valence-electron chi connectivity index (χ1n) is 3.64. The Labute approximate surface area is 73.6 Å². The SMILES string of the molecule is Oc1cccc(Nc2nn[nH]n2)c1. The fraction of sp³-hybridized carbons (Fsp3) is 0. The van der Waals surface area contributed by atoms with Gasteiger partial charge in [0.05, 0.1) is 0 Å². The molecule has 1 aromatic heterocycles. The van der Waals surface area contributed by atoms with Gasteiger partial charge in [-0.05, 0) is 17.3 Å². The topological polar surface area (TPSA) is 86.7 Å². The van der Waals surface area contributed by atoms with Crippen LogP contribution in [0.15, 0.2) is 24.3 Å². The number of phenols is 1. The predicted octanol–water partition coefficient (Wildman–Crippen LogP) is 0.649. The van der Waals surface area contributed by atoms with Crippen LogP contribution in [0.3, 0.4) is 0 Å². The molecule has 0 atom stereocenters. The second kappa shape index (κ2) is 3.10. The van der Waals surface area contributed by atoms with Crippen LogP contribution >= 0.6 is 0 Å². The van der Waals surface area contributed by atoms with Crippen molar-refractivity contribution < 1.29 is 5.11 Å². The van der Waals surface area contributed by atoms with Gasteiger partial charge in [-0.15, -0.1) is 5.10 Å². The van der Waals surface area contributed by atoms with Crippen LogP contribution in [0.25, 0.3) is 0 Å². The van der Waals surface area contributed by atoms with E-state index >= 15 is 0 Å². The summed E-state index contributed by atoms with van der Waals surface area (Å²) in [5.41, 5.74) is 0.710. The Morgan fingerprint density at radius 1 is 1.38 bits per heavy atom. The summed E-state index contributed by atoms with van der Waals surface area (Å²) >= 11 is 0. The molecular weight excluding hydrogens is 170 g/mol. The number of anilines is 2. The molecule has 13 heavy (non-hydrogen) atoms. The van der Waals surface area contributed by atoms with E-state index in [2.05, 4.69) is 25.9 Å². The number of nitrogens with zero attached hydrogens (tertiary/aromatic N) is 3. The Kier molecular flexibility index (Phi) is 1.79. The normalized spacial score (nSPS) is 9.85. The zero-order valence-corrected chi connectivity index (χ0v) is 6.60. The highest BCUT2D eigenvalue weighted by Crippen LogP contribution is 2.17. The quantitative estimate of drug-likeness (QED) is 0.626. The lowest BCUT2D eigenvalue weighted by Gasteiger charge is -2.00. The van der Waals surface area contributed by atoms with Crippen molar-refractivity contribution in [1.82, 2.24) is 20.6 Å². The maximum atomic E-state index is 9.14. The number of benzene rings is 1. The van der Waals surface area contributed by atoms with Gasteiger partial charge in [-0.1, -0.05) is 11.2 Å². The molecule has 0 spiro atoms. The number of nitrogens with one attached hydrogen (secondary N) is 2. The van der Waals surface area contributed by atoms with Crippen molar-refractivity contribution in [1.29, 1.82) is 0 Å². The summed E-state index contributed by atoms with van der Waals surface area (Å²) in [6.45, 7) is 0. The van der Waals surface area contributed by atoms with Gasteiger partial charge in [0.2, 0.25) is 0 Å². The Hall–Kier alpha value is -2.11. The molecule has 2 rings (SSSR count). The minimum atomic E-state index is 0.188. The highest BCUT2D eigenvalue weighted by atomic mass is 16.3. The molecule has 6 nitrogen and oxygen atoms in total. The van der Waals surface area contributed by atoms with Crippen molar-refractivity contribution in [3.63, 3.8) is 0 Å². The fourth-order valence-electron chi connectivity index (χ4n) is 0.928. The van der Waals surface area contributed by atoms with Gasteiger partial charge in [0.1, 0.15) is 5.75 Å². The molecule has 1 aromatic carbocycles. The highest BCUT2D eigenvalue weighted by molar-refractivity contribution is 5.54. The molecule has 0 saturated carbocycles. The van der Waals surface area contributed by atoms with Crippen LogP contribution in [0.4, 0.5) is 11.6 Å². The number of aromatic nitrogens is 4. The minimum absolute atomic E-state index is 0.188. The molecule has 0 aliphatic heterocycles. The number of aromatic amines is 1. The van der Waals surface area contributed by atoms with Crippen molar-refractivity contribution >= 4 is 11.6 Å². The lowest BCUT2D eigenvalue weighted by Crippen LogP contribution is -1.91. The van der Waals surface area contributed by atoms with E-state index in [4.69, 9.17) is 5.11 Å². The Balaban J connectivity index is 2.19. The van der Waals surface area contributed by atoms with Crippen LogP contribution < -0.4 is 5.32 Å². The van der Waals surface area contributed by atoms with Gasteiger partial charge in [-0.2, -0.15) is 5.21 Å². The van der Waals surface area contributed by atoms with Crippen LogP contribution in [0.2, 0.25) is 0 Å². The summed E-state index contributed by atoms with van der Waals surface area (Å²) in [5, 5.41) is 25.1. The molecule has 66 valence electrons. The van der Waals surface area contributed by atoms with Gasteiger partial charge in [0, 0.05) is 11.8 Å². The monoisotopic (exact) mass is 177 g/mol. The standard InChI is InChI=1S/C7H7N5O/c13-6-3-1-2-5(4-6)8-7-9-11-12-10-7/h1-4,13H,(H2,8,9,10,11,12). The number of aromatic hydroxyl groups is 1. The Morgan fingerprint density at radius 3 is 3.00 bits per heavy atom. The summed E-state index contributed by atoms with van der Waals surface area (Å²) < 4.78 is 0. The molecule has 2 aromatic rings. The van der Waals surface area contributed by atoms with Crippen molar-refractivity contribution in [3.8, 4) is 5.75 Å². The summed E-state index contributed by atoms with van der Waals surface area (Å²) in [4.78, 5) is 0. The average Bonchev–Trinajstić information content (AvgIpc) is 2.57. The molecule has 3 N–H and O–H groups in total. The van der Waals surface area contributed by atoms with Crippen molar-refractivity contribution in [3.05, 3.63) is 24.3 Å². The van der Waals surface area contributed by atoms with E-state index in [0.29, 0.717) is 11.6 Å². The van der Waals surface area contributed by atoms with Crippen LogP contribution in [0.1, 0.15) is 0 Å². The Morgan fingerprint density at radius 2 is 2.31 bits per heavy atom. The molecule has 0 bridgehead atoms. The molecule has 0 amide bonds. The lowest BCUT2D eigenvalue weighted by molar-refractivity contribution is 0.475. The number of hydrogen-bond donors (Lipinski definition) is 3.